The Balaban J connectivity index is 2.08. The lowest BCUT2D eigenvalue weighted by atomic mass is 10.1. The van der Waals surface area contributed by atoms with Gasteiger partial charge in [-0.25, -0.2) is 0 Å². The van der Waals surface area contributed by atoms with E-state index in [-0.39, 0.29) is 12.5 Å². The molecule has 1 unspecified atom stereocenters. The SMILES string of the molecule is NCC1CC(=O)N(CCCNCCO)C1. The van der Waals surface area contributed by atoms with Gasteiger partial charge in [0.25, 0.3) is 0 Å². The molecule has 0 radical (unpaired) electrons. The van der Waals surface area contributed by atoms with Crippen molar-refractivity contribution < 1.29 is 9.90 Å². The molecule has 0 spiro atoms. The van der Waals surface area contributed by atoms with Gasteiger partial charge in [0, 0.05) is 26.1 Å². The highest BCUT2D eigenvalue weighted by Gasteiger charge is 2.27. The molecule has 0 aromatic rings. The molecule has 0 saturated carbocycles. The first-order valence-electron chi connectivity index (χ1n) is 5.57. The van der Waals surface area contributed by atoms with E-state index >= 15 is 0 Å². The van der Waals surface area contributed by atoms with Gasteiger partial charge < -0.3 is 21.1 Å². The average Bonchev–Trinajstić information content (AvgIpc) is 2.59. The lowest BCUT2D eigenvalue weighted by Gasteiger charge is -2.16. The van der Waals surface area contributed by atoms with Crippen molar-refractivity contribution in [3.63, 3.8) is 0 Å². The van der Waals surface area contributed by atoms with Gasteiger partial charge >= 0.3 is 0 Å². The summed E-state index contributed by atoms with van der Waals surface area (Å²) in [5.41, 5.74) is 5.53. The normalized spacial score (nSPS) is 21.3. The van der Waals surface area contributed by atoms with E-state index in [1.54, 1.807) is 0 Å². The van der Waals surface area contributed by atoms with Gasteiger partial charge in [0.2, 0.25) is 5.91 Å². The molecule has 1 heterocycles. The fraction of sp³-hybridized carbons (Fsp3) is 0.900. The summed E-state index contributed by atoms with van der Waals surface area (Å²) in [6.45, 7) is 3.85. The molecule has 0 bridgehead atoms. The lowest BCUT2D eigenvalue weighted by Crippen LogP contribution is -2.30. The van der Waals surface area contributed by atoms with Gasteiger partial charge in [-0.3, -0.25) is 4.79 Å². The lowest BCUT2D eigenvalue weighted by molar-refractivity contribution is -0.127. The molecule has 0 aromatic heterocycles. The van der Waals surface area contributed by atoms with E-state index in [1.165, 1.54) is 0 Å². The second kappa shape index (κ2) is 6.76. The van der Waals surface area contributed by atoms with Crippen LogP contribution in [0.15, 0.2) is 0 Å². The van der Waals surface area contributed by atoms with Gasteiger partial charge in [-0.05, 0) is 25.4 Å². The molecule has 0 aromatic carbocycles. The maximum atomic E-state index is 11.5. The van der Waals surface area contributed by atoms with Crippen LogP contribution in [0.5, 0.6) is 0 Å². The van der Waals surface area contributed by atoms with E-state index < -0.39 is 0 Å². The van der Waals surface area contributed by atoms with Crippen molar-refractivity contribution in [1.82, 2.24) is 10.2 Å². The third-order valence-electron chi connectivity index (χ3n) is 2.70. The molecule has 1 amide bonds. The molecule has 88 valence electrons. The monoisotopic (exact) mass is 215 g/mol. The first-order valence-corrected chi connectivity index (χ1v) is 5.57. The number of carbonyl (C=O) groups is 1. The van der Waals surface area contributed by atoms with Gasteiger partial charge in [-0.2, -0.15) is 0 Å². The Kier molecular flexibility index (Phi) is 5.60. The van der Waals surface area contributed by atoms with Crippen molar-refractivity contribution in [2.24, 2.45) is 11.7 Å². The van der Waals surface area contributed by atoms with Crippen LogP contribution in [-0.2, 0) is 4.79 Å². The van der Waals surface area contributed by atoms with Crippen LogP contribution in [0.3, 0.4) is 0 Å². The third-order valence-corrected chi connectivity index (χ3v) is 2.70. The Labute approximate surface area is 90.6 Å². The standard InChI is InChI=1S/C10H21N3O2/c11-7-9-6-10(15)13(8-9)4-1-2-12-3-5-14/h9,12,14H,1-8,11H2. The zero-order valence-electron chi connectivity index (χ0n) is 9.11. The number of likely N-dealkylation sites (tertiary alicyclic amines) is 1. The fourth-order valence-corrected chi connectivity index (χ4v) is 1.83. The smallest absolute Gasteiger partial charge is 0.222 e. The van der Waals surface area contributed by atoms with Crippen molar-refractivity contribution in [2.75, 3.05) is 39.3 Å². The van der Waals surface area contributed by atoms with Crippen LogP contribution in [0, 0.1) is 5.92 Å². The summed E-state index contributed by atoms with van der Waals surface area (Å²) < 4.78 is 0. The number of aliphatic hydroxyl groups excluding tert-OH is 1. The van der Waals surface area contributed by atoms with Gasteiger partial charge in [0.1, 0.15) is 0 Å². The average molecular weight is 215 g/mol. The van der Waals surface area contributed by atoms with Crippen molar-refractivity contribution in [2.45, 2.75) is 12.8 Å². The Morgan fingerprint density at radius 1 is 1.53 bits per heavy atom. The number of hydrogen-bond acceptors (Lipinski definition) is 4. The van der Waals surface area contributed by atoms with E-state index in [2.05, 4.69) is 5.32 Å². The molecule has 0 aliphatic carbocycles. The Bertz CT molecular complexity index is 199. The van der Waals surface area contributed by atoms with Crippen LogP contribution in [0.4, 0.5) is 0 Å². The van der Waals surface area contributed by atoms with Crippen LogP contribution in [-0.4, -0.2) is 55.2 Å². The van der Waals surface area contributed by atoms with Crippen molar-refractivity contribution in [3.05, 3.63) is 0 Å². The number of carbonyl (C=O) groups excluding carboxylic acids is 1. The quantitative estimate of drug-likeness (QED) is 0.464. The molecule has 15 heavy (non-hydrogen) atoms. The summed E-state index contributed by atoms with van der Waals surface area (Å²) >= 11 is 0. The molecule has 5 heteroatoms. The molecule has 1 rings (SSSR count). The van der Waals surface area contributed by atoms with E-state index in [9.17, 15) is 4.79 Å². The first-order chi connectivity index (χ1) is 7.27. The highest BCUT2D eigenvalue weighted by Crippen LogP contribution is 2.16. The van der Waals surface area contributed by atoms with E-state index in [4.69, 9.17) is 10.8 Å². The molecule has 1 aliphatic heterocycles. The van der Waals surface area contributed by atoms with Crippen molar-refractivity contribution in [1.29, 1.82) is 0 Å². The maximum Gasteiger partial charge on any atom is 0.222 e. The molecule has 1 fully saturated rings. The topological polar surface area (TPSA) is 78.6 Å². The first kappa shape index (κ1) is 12.4. The molecule has 1 saturated heterocycles. The number of rotatable bonds is 7. The second-order valence-corrected chi connectivity index (χ2v) is 3.97. The minimum atomic E-state index is 0.165. The van der Waals surface area contributed by atoms with Crippen LogP contribution >= 0.6 is 0 Å². The van der Waals surface area contributed by atoms with Crippen molar-refractivity contribution >= 4 is 5.91 Å². The van der Waals surface area contributed by atoms with Crippen molar-refractivity contribution in [3.8, 4) is 0 Å². The van der Waals surface area contributed by atoms with Gasteiger partial charge in [0.15, 0.2) is 0 Å². The van der Waals surface area contributed by atoms with E-state index in [0.717, 1.165) is 26.1 Å². The number of aliphatic hydroxyl groups is 1. The molecule has 1 atom stereocenters. The minimum absolute atomic E-state index is 0.165. The number of nitrogens with zero attached hydrogens (tertiary/aromatic N) is 1. The van der Waals surface area contributed by atoms with Crippen LogP contribution < -0.4 is 11.1 Å². The highest BCUT2D eigenvalue weighted by atomic mass is 16.3. The van der Waals surface area contributed by atoms with Crippen LogP contribution in [0.1, 0.15) is 12.8 Å². The summed E-state index contributed by atoms with van der Waals surface area (Å²) in [5.74, 6) is 0.579. The maximum absolute atomic E-state index is 11.5. The number of nitrogens with two attached hydrogens (primary N) is 1. The zero-order valence-corrected chi connectivity index (χ0v) is 9.11. The minimum Gasteiger partial charge on any atom is -0.395 e. The van der Waals surface area contributed by atoms with E-state index in [0.29, 0.717) is 25.4 Å². The highest BCUT2D eigenvalue weighted by molar-refractivity contribution is 5.78. The second-order valence-electron chi connectivity index (χ2n) is 3.97. The summed E-state index contributed by atoms with van der Waals surface area (Å²) in [6.07, 6.45) is 1.55. The summed E-state index contributed by atoms with van der Waals surface area (Å²) in [6, 6.07) is 0. The van der Waals surface area contributed by atoms with Gasteiger partial charge in [-0.1, -0.05) is 0 Å². The summed E-state index contributed by atoms with van der Waals surface area (Å²) in [7, 11) is 0. The predicted molar refractivity (Wildman–Crippen MR) is 58.3 cm³/mol. The molecule has 5 nitrogen and oxygen atoms in total. The van der Waals surface area contributed by atoms with Gasteiger partial charge in [0.05, 0.1) is 6.61 Å². The number of hydrogen-bond donors (Lipinski definition) is 3. The fourth-order valence-electron chi connectivity index (χ4n) is 1.83. The molecular formula is C10H21N3O2. The van der Waals surface area contributed by atoms with Crippen LogP contribution in [0.2, 0.25) is 0 Å². The largest absolute Gasteiger partial charge is 0.395 e. The predicted octanol–water partition coefficient (Wildman–Crippen LogP) is -1.23. The number of nitrogens with one attached hydrogen (secondary N) is 1. The van der Waals surface area contributed by atoms with Gasteiger partial charge in [-0.15, -0.1) is 0 Å². The number of amides is 1. The van der Waals surface area contributed by atoms with E-state index in [1.807, 2.05) is 4.90 Å². The zero-order chi connectivity index (χ0) is 11.1. The van der Waals surface area contributed by atoms with Crippen LogP contribution in [0.25, 0.3) is 0 Å². The third kappa shape index (κ3) is 4.15. The summed E-state index contributed by atoms with van der Waals surface area (Å²) in [4.78, 5) is 13.4. The Hall–Kier alpha value is -0.650. The Morgan fingerprint density at radius 2 is 2.33 bits per heavy atom. The molecule has 4 N–H and O–H groups in total. The molecular weight excluding hydrogens is 194 g/mol. The Morgan fingerprint density at radius 3 is 2.93 bits per heavy atom. The summed E-state index contributed by atoms with van der Waals surface area (Å²) in [5, 5.41) is 11.6. The molecule has 1 aliphatic rings.